The Morgan fingerprint density at radius 3 is 2.30 bits per heavy atom. The third-order valence-corrected chi connectivity index (χ3v) is 1.15. The average molecular weight is 136 g/mol. The number of carbonyl (C=O) groups excluding carboxylic acids is 1. The molecule has 0 heterocycles. The molecule has 0 radical (unpaired) electrons. The molecule has 0 N–H and O–H groups in total. The Bertz CT molecular complexity index is 93.6. The molecule has 0 amide bonds. The predicted octanol–water partition coefficient (Wildman–Crippen LogP) is -1.44. The van der Waals surface area contributed by atoms with Crippen LogP contribution in [0.15, 0.2) is 0 Å². The molecular formula is C7H13LiO2. The van der Waals surface area contributed by atoms with Crippen LogP contribution in [0.25, 0.3) is 0 Å². The molecule has 0 fully saturated rings. The minimum atomic E-state index is -0.167. The summed E-state index contributed by atoms with van der Waals surface area (Å²) in [5, 5.41) is 0. The van der Waals surface area contributed by atoms with Crippen LogP contribution >= 0.6 is 0 Å². The molecule has 0 aliphatic heterocycles. The minimum absolute atomic E-state index is 0. The van der Waals surface area contributed by atoms with Gasteiger partial charge in [-0.15, -0.1) is 0 Å². The topological polar surface area (TPSA) is 26.3 Å². The second kappa shape index (κ2) is 7.05. The molecule has 0 unspecified atom stereocenters. The Morgan fingerprint density at radius 1 is 1.50 bits per heavy atom. The average Bonchev–Trinajstić information content (AvgIpc) is 1.87. The van der Waals surface area contributed by atoms with Crippen LogP contribution in [0.5, 0.6) is 0 Å². The smallest absolute Gasteiger partial charge is 0.488 e. The molecule has 0 atom stereocenters. The predicted molar refractivity (Wildman–Crippen MR) is 35.8 cm³/mol. The molecule has 2 nitrogen and oxygen atoms in total. The minimum Gasteiger partial charge on any atom is -0.488 e. The zero-order valence-corrected chi connectivity index (χ0v) is 7.23. The van der Waals surface area contributed by atoms with Gasteiger partial charge in [0.1, 0.15) is 0 Å². The third kappa shape index (κ3) is 4.78. The normalized spacial score (nSPS) is 7.90. The van der Waals surface area contributed by atoms with Crippen LogP contribution in [0.3, 0.4) is 0 Å². The largest absolute Gasteiger partial charge is 1.00 e. The third-order valence-electron chi connectivity index (χ3n) is 1.15. The molecule has 54 valence electrons. The summed E-state index contributed by atoms with van der Waals surface area (Å²) in [6.45, 7) is 6.00. The van der Waals surface area contributed by atoms with Crippen molar-refractivity contribution in [3.8, 4) is 0 Å². The Kier molecular flexibility index (Phi) is 8.88. The molecule has 0 spiro atoms. The summed E-state index contributed by atoms with van der Waals surface area (Å²) in [6.07, 6.45) is 0.777. The van der Waals surface area contributed by atoms with Gasteiger partial charge in [-0.05, 0) is 6.92 Å². The van der Waals surface area contributed by atoms with Crippen molar-refractivity contribution < 1.29 is 28.4 Å². The van der Waals surface area contributed by atoms with Crippen LogP contribution in [0.1, 0.15) is 27.2 Å². The van der Waals surface area contributed by atoms with Gasteiger partial charge in [0.25, 0.3) is 0 Å². The van der Waals surface area contributed by atoms with Gasteiger partial charge in [-0.3, -0.25) is 10.7 Å². The monoisotopic (exact) mass is 136 g/mol. The van der Waals surface area contributed by atoms with Gasteiger partial charge in [0.15, 0.2) is 5.97 Å². The Labute approximate surface area is 74.5 Å². The van der Waals surface area contributed by atoms with Crippen molar-refractivity contribution in [3.63, 3.8) is 0 Å². The summed E-state index contributed by atoms with van der Waals surface area (Å²) in [5.74, 6) is 0.622. The molecule has 10 heavy (non-hydrogen) atoms. The maximum Gasteiger partial charge on any atom is 1.00 e. The van der Waals surface area contributed by atoms with E-state index in [1.807, 2.05) is 6.92 Å². The van der Waals surface area contributed by atoms with Gasteiger partial charge in [0.2, 0.25) is 0 Å². The van der Waals surface area contributed by atoms with E-state index in [4.69, 9.17) is 4.74 Å². The molecule has 0 aromatic rings. The fourth-order valence-corrected chi connectivity index (χ4v) is 0.399. The number of hydrogen-bond acceptors (Lipinski definition) is 2. The van der Waals surface area contributed by atoms with Gasteiger partial charge in [-0.25, -0.2) is 0 Å². The molecule has 3 heteroatoms. The van der Waals surface area contributed by atoms with Crippen molar-refractivity contribution in [2.75, 3.05) is 6.61 Å². The van der Waals surface area contributed by atoms with E-state index in [9.17, 15) is 4.79 Å². The molecule has 0 rings (SSSR count). The van der Waals surface area contributed by atoms with E-state index in [-0.39, 0.29) is 24.8 Å². The molecular weight excluding hydrogens is 123 g/mol. The van der Waals surface area contributed by atoms with Crippen LogP contribution in [-0.4, -0.2) is 12.6 Å². The van der Waals surface area contributed by atoms with Crippen LogP contribution in [0.4, 0.5) is 0 Å². The molecule has 0 saturated heterocycles. The van der Waals surface area contributed by atoms with Gasteiger partial charge < -0.3 is 4.74 Å². The van der Waals surface area contributed by atoms with E-state index in [2.05, 4.69) is 0 Å². The number of hydrogen-bond donors (Lipinski definition) is 0. The van der Waals surface area contributed by atoms with Gasteiger partial charge in [-0.2, -0.15) is 13.3 Å². The summed E-state index contributed by atoms with van der Waals surface area (Å²) < 4.78 is 4.72. The fourth-order valence-electron chi connectivity index (χ4n) is 0.399. The second-order valence-electron chi connectivity index (χ2n) is 1.85. The summed E-state index contributed by atoms with van der Waals surface area (Å²) in [7, 11) is 0. The van der Waals surface area contributed by atoms with Crippen molar-refractivity contribution in [2.24, 2.45) is 0 Å². The fraction of sp³-hybridized carbons (Fsp3) is 0.714. The van der Waals surface area contributed by atoms with E-state index >= 15 is 0 Å². The van der Waals surface area contributed by atoms with E-state index in [0.717, 1.165) is 12.3 Å². The van der Waals surface area contributed by atoms with Gasteiger partial charge in [0.05, 0.1) is 6.61 Å². The first-order valence-electron chi connectivity index (χ1n) is 3.21. The standard InChI is InChI=1S/C7H13O2.Li/c1-4-6(3)7(8)9-5-2;/h4-5H2,1-3H3;/q-1;+1. The summed E-state index contributed by atoms with van der Waals surface area (Å²) >= 11 is 0. The maximum absolute atomic E-state index is 10.7. The van der Waals surface area contributed by atoms with Crippen molar-refractivity contribution in [1.29, 1.82) is 0 Å². The van der Waals surface area contributed by atoms with Crippen molar-refractivity contribution >= 4 is 5.97 Å². The van der Waals surface area contributed by atoms with Crippen LogP contribution in [0.2, 0.25) is 0 Å². The molecule has 0 aliphatic rings. The number of ether oxygens (including phenoxy) is 1. The van der Waals surface area contributed by atoms with Gasteiger partial charge >= 0.3 is 18.9 Å². The second-order valence-corrected chi connectivity index (χ2v) is 1.85. The van der Waals surface area contributed by atoms with E-state index in [0.29, 0.717) is 6.61 Å². The SMILES string of the molecule is CCOC(=O)[C-](C)CC.[Li+]. The Morgan fingerprint density at radius 2 is 2.00 bits per heavy atom. The molecule has 0 saturated carbocycles. The van der Waals surface area contributed by atoms with Crippen LogP contribution in [0, 0.1) is 5.92 Å². The Balaban J connectivity index is 0. The van der Waals surface area contributed by atoms with Gasteiger partial charge in [0, 0.05) is 0 Å². The van der Waals surface area contributed by atoms with Crippen LogP contribution < -0.4 is 18.9 Å². The van der Waals surface area contributed by atoms with Gasteiger partial charge in [-0.1, -0.05) is 6.92 Å². The summed E-state index contributed by atoms with van der Waals surface area (Å²) in [5.41, 5.74) is 0. The number of esters is 1. The van der Waals surface area contributed by atoms with E-state index in [1.165, 1.54) is 0 Å². The summed E-state index contributed by atoms with van der Waals surface area (Å²) in [6, 6.07) is 0. The van der Waals surface area contributed by atoms with Crippen molar-refractivity contribution in [1.82, 2.24) is 0 Å². The molecule has 0 aliphatic carbocycles. The summed E-state index contributed by atoms with van der Waals surface area (Å²) in [4.78, 5) is 10.7. The first kappa shape index (κ1) is 12.6. The Hall–Kier alpha value is -0.0626. The van der Waals surface area contributed by atoms with E-state index in [1.54, 1.807) is 13.8 Å². The molecule has 0 aromatic carbocycles. The zero-order valence-electron chi connectivity index (χ0n) is 7.23. The van der Waals surface area contributed by atoms with Crippen molar-refractivity contribution in [2.45, 2.75) is 27.2 Å². The van der Waals surface area contributed by atoms with Crippen LogP contribution in [-0.2, 0) is 9.53 Å². The maximum atomic E-state index is 10.7. The molecule has 0 bridgehead atoms. The number of rotatable bonds is 3. The zero-order chi connectivity index (χ0) is 7.28. The molecule has 0 aromatic heterocycles. The van der Waals surface area contributed by atoms with E-state index < -0.39 is 0 Å². The van der Waals surface area contributed by atoms with Crippen molar-refractivity contribution in [3.05, 3.63) is 5.92 Å². The first-order valence-corrected chi connectivity index (χ1v) is 3.21. The first-order chi connectivity index (χ1) is 4.22. The quantitative estimate of drug-likeness (QED) is 0.270. The number of carbonyl (C=O) groups is 1.